The summed E-state index contributed by atoms with van der Waals surface area (Å²) in [6.07, 6.45) is 4.65. The lowest BCUT2D eigenvalue weighted by Crippen LogP contribution is -2.45. The maximum absolute atomic E-state index is 14.5. The highest BCUT2D eigenvalue weighted by Crippen LogP contribution is 2.44. The summed E-state index contributed by atoms with van der Waals surface area (Å²) >= 11 is 0. The minimum atomic E-state index is -0.897. The van der Waals surface area contributed by atoms with Gasteiger partial charge in [0.05, 0.1) is 19.6 Å². The van der Waals surface area contributed by atoms with Crippen LogP contribution in [0.5, 0.6) is 5.75 Å². The molecule has 2 aliphatic heterocycles. The van der Waals surface area contributed by atoms with Crippen molar-refractivity contribution in [2.45, 2.75) is 50.6 Å². The second kappa shape index (κ2) is 12.3. The molecule has 1 atom stereocenters. The Bertz CT molecular complexity index is 1450. The van der Waals surface area contributed by atoms with Gasteiger partial charge in [-0.2, -0.15) is 0 Å². The van der Waals surface area contributed by atoms with Crippen LogP contribution in [-0.2, 0) is 20.7 Å². The maximum atomic E-state index is 14.5. The fraction of sp³-hybridized carbons (Fsp3) is 0.364. The molecular weight excluding hydrogens is 537 g/mol. The van der Waals surface area contributed by atoms with Crippen molar-refractivity contribution in [3.63, 3.8) is 0 Å². The van der Waals surface area contributed by atoms with E-state index in [-0.39, 0.29) is 24.3 Å². The van der Waals surface area contributed by atoms with Gasteiger partial charge in [0.1, 0.15) is 17.6 Å². The number of benzene rings is 3. The summed E-state index contributed by atoms with van der Waals surface area (Å²) in [6, 6.07) is 19.4. The first-order chi connectivity index (χ1) is 20.5. The van der Waals surface area contributed by atoms with E-state index in [1.807, 2.05) is 29.2 Å². The third-order valence-corrected chi connectivity index (χ3v) is 8.27. The number of para-hydroxylation sites is 1. The van der Waals surface area contributed by atoms with Crippen LogP contribution >= 0.6 is 0 Å². The second-order valence-electron chi connectivity index (χ2n) is 11.0. The maximum Gasteiger partial charge on any atom is 0.415 e. The summed E-state index contributed by atoms with van der Waals surface area (Å²) in [5, 5.41) is 0. The Labute approximate surface area is 244 Å². The fourth-order valence-corrected chi connectivity index (χ4v) is 6.20. The van der Waals surface area contributed by atoms with Gasteiger partial charge < -0.3 is 19.3 Å². The standard InChI is InChI=1S/C33H34FN3O5/c34-24-7-6-10-26(22-24)37(31-28-11-4-5-12-29(28)36(32(31)39)25-8-2-1-3-9-25)30(38)21-23-13-15-27(16-14-23)42-33(40)35-17-19-41-20-18-35/h4-7,10-16,22,25,31H,1-3,8-9,17-21H2. The molecule has 2 heterocycles. The Morgan fingerprint density at radius 1 is 0.929 bits per heavy atom. The van der Waals surface area contributed by atoms with Crippen molar-refractivity contribution in [2.75, 3.05) is 36.1 Å². The minimum absolute atomic E-state index is 0.0242. The van der Waals surface area contributed by atoms with Gasteiger partial charge in [-0.15, -0.1) is 0 Å². The number of halogens is 1. The minimum Gasteiger partial charge on any atom is -0.410 e. The first-order valence-electron chi connectivity index (χ1n) is 14.6. The molecule has 3 aromatic carbocycles. The van der Waals surface area contributed by atoms with Gasteiger partial charge in [0.2, 0.25) is 5.91 Å². The number of fused-ring (bicyclic) bond motifs is 1. The number of anilines is 2. The average Bonchev–Trinajstić information content (AvgIpc) is 3.30. The number of morpholine rings is 1. The Balaban J connectivity index is 1.26. The molecule has 1 aliphatic carbocycles. The largest absolute Gasteiger partial charge is 0.415 e. The van der Waals surface area contributed by atoms with Crippen LogP contribution in [0.15, 0.2) is 72.8 Å². The first-order valence-corrected chi connectivity index (χ1v) is 14.6. The van der Waals surface area contributed by atoms with E-state index in [0.717, 1.165) is 43.4 Å². The van der Waals surface area contributed by atoms with Crippen LogP contribution in [0.25, 0.3) is 0 Å². The summed E-state index contributed by atoms with van der Waals surface area (Å²) in [5.74, 6) is -0.615. The number of carbonyl (C=O) groups is 3. The molecule has 0 bridgehead atoms. The monoisotopic (exact) mass is 571 g/mol. The summed E-state index contributed by atoms with van der Waals surface area (Å²) in [7, 11) is 0. The molecule has 218 valence electrons. The van der Waals surface area contributed by atoms with E-state index in [1.54, 1.807) is 41.3 Å². The molecule has 8 nitrogen and oxygen atoms in total. The summed E-state index contributed by atoms with van der Waals surface area (Å²) < 4.78 is 25.2. The van der Waals surface area contributed by atoms with Gasteiger partial charge in [0.25, 0.3) is 5.91 Å². The number of hydrogen-bond acceptors (Lipinski definition) is 5. The van der Waals surface area contributed by atoms with Crippen molar-refractivity contribution in [2.24, 2.45) is 0 Å². The second-order valence-corrected chi connectivity index (χ2v) is 11.0. The quantitative estimate of drug-likeness (QED) is 0.382. The van der Waals surface area contributed by atoms with Gasteiger partial charge in [-0.3, -0.25) is 14.5 Å². The highest BCUT2D eigenvalue weighted by atomic mass is 19.1. The molecular formula is C33H34FN3O5. The number of amides is 3. The van der Waals surface area contributed by atoms with E-state index in [0.29, 0.717) is 43.3 Å². The van der Waals surface area contributed by atoms with Gasteiger partial charge in [-0.05, 0) is 54.8 Å². The normalized spacial score (nSPS) is 19.0. The number of nitrogens with zero attached hydrogens (tertiary/aromatic N) is 3. The predicted octanol–water partition coefficient (Wildman–Crippen LogP) is 5.65. The smallest absolute Gasteiger partial charge is 0.410 e. The van der Waals surface area contributed by atoms with Crippen LogP contribution in [0.3, 0.4) is 0 Å². The van der Waals surface area contributed by atoms with Crippen molar-refractivity contribution >= 4 is 29.3 Å². The molecule has 2 fully saturated rings. The molecule has 1 saturated heterocycles. The molecule has 0 radical (unpaired) electrons. The average molecular weight is 572 g/mol. The van der Waals surface area contributed by atoms with Gasteiger partial charge in [0.15, 0.2) is 0 Å². The molecule has 0 N–H and O–H groups in total. The highest BCUT2D eigenvalue weighted by Gasteiger charge is 2.45. The van der Waals surface area contributed by atoms with E-state index in [9.17, 15) is 18.8 Å². The molecule has 1 unspecified atom stereocenters. The van der Waals surface area contributed by atoms with Gasteiger partial charge in [0, 0.05) is 36.1 Å². The Morgan fingerprint density at radius 2 is 1.67 bits per heavy atom. The van der Waals surface area contributed by atoms with E-state index in [2.05, 4.69) is 0 Å². The first kappa shape index (κ1) is 27.9. The lowest BCUT2D eigenvalue weighted by molar-refractivity contribution is -0.124. The Kier molecular flexibility index (Phi) is 8.19. The van der Waals surface area contributed by atoms with Crippen molar-refractivity contribution in [1.82, 2.24) is 4.90 Å². The SMILES string of the molecule is O=C(Oc1ccc(CC(=O)N(c2cccc(F)c2)C2C(=O)N(C3CCCCC3)c3ccccc32)cc1)N1CCOCC1. The third-order valence-electron chi connectivity index (χ3n) is 8.27. The molecule has 3 aliphatic rings. The molecule has 3 amide bonds. The van der Waals surface area contributed by atoms with Crippen LogP contribution < -0.4 is 14.5 Å². The van der Waals surface area contributed by atoms with Crippen LogP contribution in [0.4, 0.5) is 20.6 Å². The van der Waals surface area contributed by atoms with Crippen LogP contribution in [-0.4, -0.2) is 55.2 Å². The number of hydrogen-bond donors (Lipinski definition) is 0. The van der Waals surface area contributed by atoms with Crippen molar-refractivity contribution in [3.05, 3.63) is 89.7 Å². The predicted molar refractivity (Wildman–Crippen MR) is 156 cm³/mol. The summed E-state index contributed by atoms with van der Waals surface area (Å²) in [5.41, 5.74) is 2.57. The molecule has 0 aromatic heterocycles. The molecule has 3 aromatic rings. The molecule has 42 heavy (non-hydrogen) atoms. The molecule has 9 heteroatoms. The van der Waals surface area contributed by atoms with Gasteiger partial charge in [-0.25, -0.2) is 9.18 Å². The Morgan fingerprint density at radius 3 is 2.40 bits per heavy atom. The highest BCUT2D eigenvalue weighted by molar-refractivity contribution is 6.12. The fourth-order valence-electron chi connectivity index (χ4n) is 6.20. The van der Waals surface area contributed by atoms with Crippen LogP contribution in [0.1, 0.15) is 49.3 Å². The van der Waals surface area contributed by atoms with E-state index in [4.69, 9.17) is 9.47 Å². The molecule has 6 rings (SSSR count). The van der Waals surface area contributed by atoms with E-state index < -0.39 is 18.0 Å². The lowest BCUT2D eigenvalue weighted by atomic mass is 9.94. The Hall–Kier alpha value is -4.24. The van der Waals surface area contributed by atoms with E-state index in [1.165, 1.54) is 17.0 Å². The van der Waals surface area contributed by atoms with Crippen LogP contribution in [0.2, 0.25) is 0 Å². The zero-order valence-corrected chi connectivity index (χ0v) is 23.4. The molecule has 0 spiro atoms. The van der Waals surface area contributed by atoms with Gasteiger partial charge in [-0.1, -0.05) is 55.7 Å². The zero-order valence-electron chi connectivity index (χ0n) is 23.4. The van der Waals surface area contributed by atoms with Gasteiger partial charge >= 0.3 is 6.09 Å². The summed E-state index contributed by atoms with van der Waals surface area (Å²) in [6.45, 7) is 1.90. The number of rotatable bonds is 6. The van der Waals surface area contributed by atoms with E-state index >= 15 is 0 Å². The number of carbonyl (C=O) groups excluding carboxylic acids is 3. The summed E-state index contributed by atoms with van der Waals surface area (Å²) in [4.78, 5) is 45.6. The van der Waals surface area contributed by atoms with Crippen molar-refractivity contribution in [1.29, 1.82) is 0 Å². The lowest BCUT2D eigenvalue weighted by Gasteiger charge is -2.33. The zero-order chi connectivity index (χ0) is 29.1. The van der Waals surface area contributed by atoms with Crippen molar-refractivity contribution in [3.8, 4) is 5.75 Å². The number of ether oxygens (including phenoxy) is 2. The van der Waals surface area contributed by atoms with Crippen LogP contribution in [0, 0.1) is 5.82 Å². The molecule has 1 saturated carbocycles. The van der Waals surface area contributed by atoms with Crippen molar-refractivity contribution < 1.29 is 28.2 Å². The third kappa shape index (κ3) is 5.74. The topological polar surface area (TPSA) is 79.4 Å².